The first kappa shape index (κ1) is 25.7. The molecule has 0 radical (unpaired) electrons. The fourth-order valence-corrected chi connectivity index (χ4v) is 0. The van der Waals surface area contributed by atoms with E-state index in [-0.39, 0.29) is 16.4 Å². The van der Waals surface area contributed by atoms with Crippen molar-refractivity contribution in [2.24, 2.45) is 0 Å². The molecule has 0 unspecified atom stereocenters. The van der Waals surface area contributed by atoms with E-state index < -0.39 is 0 Å². The second kappa shape index (κ2) is 31.1. The van der Waals surface area contributed by atoms with Gasteiger partial charge in [0, 0.05) is 0 Å². The van der Waals surface area contributed by atoms with E-state index in [1.54, 1.807) is 0 Å². The third-order valence-corrected chi connectivity index (χ3v) is 1.55. The van der Waals surface area contributed by atoms with Gasteiger partial charge in [0.05, 0.1) is 0 Å². The first-order valence-electron chi connectivity index (χ1n) is 1.47. The molecule has 0 fully saturated rings. The monoisotopic (exact) mass is 278 g/mol. The SMILES string of the molecule is CC[CH2][Re+6].[O-2].[O-2].[O-2]. The number of hydrogen-bond acceptors (Lipinski definition) is 0. The van der Waals surface area contributed by atoms with Crippen molar-refractivity contribution in [3.8, 4) is 0 Å². The molecule has 0 N–H and O–H groups in total. The van der Waals surface area contributed by atoms with Crippen molar-refractivity contribution in [1.29, 1.82) is 0 Å². The Balaban J connectivity index is -0.0000000150. The van der Waals surface area contributed by atoms with E-state index in [1.165, 1.54) is 11.3 Å². The predicted molar refractivity (Wildman–Crippen MR) is 17.2 cm³/mol. The zero-order valence-electron chi connectivity index (χ0n) is 4.02. The molecular formula is C3H7O3Re. The molecule has 0 aromatic rings. The first-order chi connectivity index (χ1) is 1.91. The summed E-state index contributed by atoms with van der Waals surface area (Å²) >= 11 is 1.86. The largest absolute Gasteiger partial charge is 2.00 e. The molecule has 4 heteroatoms. The van der Waals surface area contributed by atoms with Crippen LogP contribution in [0.25, 0.3) is 0 Å². The van der Waals surface area contributed by atoms with E-state index in [1.807, 2.05) is 19.2 Å². The molecule has 0 aliphatic rings. The van der Waals surface area contributed by atoms with Crippen molar-refractivity contribution >= 4 is 0 Å². The van der Waals surface area contributed by atoms with Gasteiger partial charge in [-0.2, -0.15) is 0 Å². The van der Waals surface area contributed by atoms with Crippen molar-refractivity contribution in [3.63, 3.8) is 0 Å². The Morgan fingerprint density at radius 3 is 1.29 bits per heavy atom. The molecule has 0 aliphatic carbocycles. The van der Waals surface area contributed by atoms with Crippen molar-refractivity contribution < 1.29 is 35.6 Å². The Labute approximate surface area is 54.4 Å². The first-order valence-corrected chi connectivity index (χ1v) is 3.39. The van der Waals surface area contributed by atoms with Crippen LogP contribution in [-0.2, 0) is 35.6 Å². The number of hydrogen-bond donors (Lipinski definition) is 0. The van der Waals surface area contributed by atoms with E-state index in [2.05, 4.69) is 6.92 Å². The molecule has 0 atom stereocenters. The summed E-state index contributed by atoms with van der Waals surface area (Å²) in [5.41, 5.74) is 0. The van der Waals surface area contributed by atoms with Gasteiger partial charge in [-0.3, -0.25) is 0 Å². The quantitative estimate of drug-likeness (QED) is 0.685. The van der Waals surface area contributed by atoms with E-state index in [0.29, 0.717) is 0 Å². The Hall–Kier alpha value is 0.542. The second-order valence-electron chi connectivity index (χ2n) is 0.689. The maximum atomic E-state index is 2.19. The maximum Gasteiger partial charge on any atom is -2.00 e. The summed E-state index contributed by atoms with van der Waals surface area (Å²) in [6.45, 7) is 2.19. The van der Waals surface area contributed by atoms with E-state index >= 15 is 0 Å². The zero-order chi connectivity index (χ0) is 3.41. The van der Waals surface area contributed by atoms with Gasteiger partial charge in [0.2, 0.25) is 0 Å². The Bertz CT molecular complexity index is 12.1. The molecule has 0 saturated heterocycles. The Kier molecular flexibility index (Phi) is 114. The van der Waals surface area contributed by atoms with Gasteiger partial charge >= 0.3 is 37.4 Å². The normalized spacial score (nSPS) is 4.43. The van der Waals surface area contributed by atoms with Crippen molar-refractivity contribution in [2.75, 3.05) is 0 Å². The molecule has 0 bridgehead atoms. The van der Waals surface area contributed by atoms with Crippen molar-refractivity contribution in [3.05, 3.63) is 0 Å². The summed E-state index contributed by atoms with van der Waals surface area (Å²) in [4.78, 5) is 1.38. The summed E-state index contributed by atoms with van der Waals surface area (Å²) in [6, 6.07) is 0. The minimum atomic E-state index is 0. The van der Waals surface area contributed by atoms with Crippen LogP contribution in [0, 0.1) is 0 Å². The van der Waals surface area contributed by atoms with Crippen LogP contribution in [0.2, 0.25) is 4.89 Å². The van der Waals surface area contributed by atoms with E-state index in [4.69, 9.17) is 0 Å². The van der Waals surface area contributed by atoms with Crippen LogP contribution in [0.3, 0.4) is 0 Å². The van der Waals surface area contributed by atoms with Crippen LogP contribution in [0.5, 0.6) is 0 Å². The fraction of sp³-hybridized carbons (Fsp3) is 1.00. The van der Waals surface area contributed by atoms with Crippen LogP contribution in [0.1, 0.15) is 13.3 Å². The van der Waals surface area contributed by atoms with Crippen LogP contribution < -0.4 is 0 Å². The van der Waals surface area contributed by atoms with Gasteiger partial charge in [0.1, 0.15) is 0 Å². The van der Waals surface area contributed by atoms with Gasteiger partial charge < -0.3 is 16.4 Å². The van der Waals surface area contributed by atoms with Crippen molar-refractivity contribution in [1.82, 2.24) is 0 Å². The Morgan fingerprint density at radius 1 is 1.14 bits per heavy atom. The molecule has 0 aromatic carbocycles. The van der Waals surface area contributed by atoms with Gasteiger partial charge in [-0.1, -0.05) is 0 Å². The van der Waals surface area contributed by atoms with Gasteiger partial charge in [0.25, 0.3) is 0 Å². The van der Waals surface area contributed by atoms with Gasteiger partial charge in [-0.25, -0.2) is 0 Å². The molecule has 0 aliphatic heterocycles. The molecule has 0 spiro atoms. The number of rotatable bonds is 1. The molecule has 44 valence electrons. The summed E-state index contributed by atoms with van der Waals surface area (Å²) in [5, 5.41) is 0. The van der Waals surface area contributed by atoms with Crippen LogP contribution in [0.15, 0.2) is 0 Å². The molecule has 7 heavy (non-hydrogen) atoms. The van der Waals surface area contributed by atoms with Crippen LogP contribution >= 0.6 is 0 Å². The Morgan fingerprint density at radius 2 is 1.29 bits per heavy atom. The van der Waals surface area contributed by atoms with E-state index in [0.717, 1.165) is 0 Å². The van der Waals surface area contributed by atoms with E-state index in [9.17, 15) is 0 Å². The summed E-state index contributed by atoms with van der Waals surface area (Å²) in [7, 11) is 0. The zero-order valence-corrected chi connectivity index (χ0v) is 6.73. The fourth-order valence-electron chi connectivity index (χ4n) is 0. The molecule has 0 heterocycles. The van der Waals surface area contributed by atoms with Gasteiger partial charge in [-0.15, -0.1) is 0 Å². The van der Waals surface area contributed by atoms with Crippen molar-refractivity contribution in [2.45, 2.75) is 18.2 Å². The summed E-state index contributed by atoms with van der Waals surface area (Å²) < 4.78 is 0. The maximum absolute atomic E-state index is 2.19. The molecule has 0 aromatic heterocycles. The van der Waals surface area contributed by atoms with Crippen LogP contribution in [0.4, 0.5) is 0 Å². The minimum Gasteiger partial charge on any atom is -2.00 e. The van der Waals surface area contributed by atoms with Crippen LogP contribution in [-0.4, -0.2) is 0 Å². The predicted octanol–water partition coefficient (Wildman–Crippen LogP) is 1.01. The van der Waals surface area contributed by atoms with Gasteiger partial charge in [0.15, 0.2) is 0 Å². The third-order valence-electron chi connectivity index (χ3n) is 0.189. The molecule has 0 amide bonds. The minimum absolute atomic E-state index is 0. The second-order valence-corrected chi connectivity index (χ2v) is 2.05. The van der Waals surface area contributed by atoms with Gasteiger partial charge in [-0.05, 0) is 0 Å². The average molecular weight is 277 g/mol. The molecule has 0 saturated carbocycles. The smallest absolute Gasteiger partial charge is 2.00 e. The third kappa shape index (κ3) is 56.7. The average Bonchev–Trinajstić information content (AvgIpc) is 1.37. The molecular weight excluding hydrogens is 270 g/mol. The topological polar surface area (TPSA) is 85.5 Å². The molecule has 3 nitrogen and oxygen atoms in total. The molecule has 0 rings (SSSR count). The standard InChI is InChI=1S/C3H7.3O.Re/c1-3-2;;;;/h1,3H2,2H3;;;;/q;3*-2;+6. The summed E-state index contributed by atoms with van der Waals surface area (Å²) in [5.74, 6) is 0. The summed E-state index contributed by atoms with van der Waals surface area (Å²) in [6.07, 6.45) is 1.34.